The number of carbonyl (C=O) groups is 2. The lowest BCUT2D eigenvalue weighted by atomic mass is 10.0. The van der Waals surface area contributed by atoms with E-state index >= 15 is 0 Å². The molecule has 0 radical (unpaired) electrons. The van der Waals surface area contributed by atoms with Crippen LogP contribution in [0.3, 0.4) is 0 Å². The molecular formula is C24H26N4O5. The van der Waals surface area contributed by atoms with Crippen LogP contribution >= 0.6 is 0 Å². The van der Waals surface area contributed by atoms with Crippen LogP contribution in [-0.4, -0.2) is 34.2 Å². The van der Waals surface area contributed by atoms with Crippen molar-refractivity contribution in [1.29, 1.82) is 0 Å². The molecule has 4 rings (SSSR count). The molecule has 172 valence electrons. The molecular weight excluding hydrogens is 424 g/mol. The third kappa shape index (κ3) is 4.52. The highest BCUT2D eigenvalue weighted by molar-refractivity contribution is 6.00. The molecule has 1 aliphatic heterocycles. The lowest BCUT2D eigenvalue weighted by Gasteiger charge is -2.22. The monoisotopic (exact) mass is 450 g/mol. The number of aryl methyl sites for hydroxylation is 1. The number of pyridine rings is 2. The maximum absolute atomic E-state index is 13.2. The second-order valence-electron chi connectivity index (χ2n) is 8.15. The summed E-state index contributed by atoms with van der Waals surface area (Å²) in [6, 6.07) is 6.17. The molecule has 3 heterocycles. The number of hydrogen-bond acceptors (Lipinski definition) is 6. The fourth-order valence-electron chi connectivity index (χ4n) is 3.76. The first-order chi connectivity index (χ1) is 15.9. The van der Waals surface area contributed by atoms with Crippen LogP contribution in [0, 0.1) is 5.92 Å². The van der Waals surface area contributed by atoms with Crippen molar-refractivity contribution in [3.8, 4) is 11.5 Å². The van der Waals surface area contributed by atoms with Crippen LogP contribution in [-0.2, 0) is 17.9 Å². The van der Waals surface area contributed by atoms with Gasteiger partial charge in [0, 0.05) is 37.7 Å². The Labute approximate surface area is 190 Å². The van der Waals surface area contributed by atoms with Crippen molar-refractivity contribution in [1.82, 2.24) is 20.2 Å². The highest BCUT2D eigenvalue weighted by atomic mass is 16.7. The molecule has 0 spiro atoms. The topological polar surface area (TPSA) is 112 Å². The number of rotatable bonds is 7. The van der Waals surface area contributed by atoms with E-state index in [1.54, 1.807) is 35.2 Å². The van der Waals surface area contributed by atoms with Crippen LogP contribution in [0.2, 0.25) is 0 Å². The Morgan fingerprint density at radius 1 is 1.21 bits per heavy atom. The summed E-state index contributed by atoms with van der Waals surface area (Å²) < 4.78 is 12.6. The van der Waals surface area contributed by atoms with Gasteiger partial charge in [-0.25, -0.2) is 0 Å². The van der Waals surface area contributed by atoms with E-state index in [0.29, 0.717) is 28.9 Å². The Balaban J connectivity index is 1.60. The Kier molecular flexibility index (Phi) is 6.30. The molecule has 1 aliphatic rings. The average molecular weight is 450 g/mol. The fourth-order valence-corrected chi connectivity index (χ4v) is 3.76. The van der Waals surface area contributed by atoms with Crippen LogP contribution in [0.1, 0.15) is 36.7 Å². The molecule has 33 heavy (non-hydrogen) atoms. The van der Waals surface area contributed by atoms with Gasteiger partial charge in [0.05, 0.1) is 10.9 Å². The Morgan fingerprint density at radius 2 is 1.97 bits per heavy atom. The first-order valence-electron chi connectivity index (χ1n) is 10.8. The minimum absolute atomic E-state index is 0.0334. The van der Waals surface area contributed by atoms with Crippen molar-refractivity contribution in [3.63, 3.8) is 0 Å². The summed E-state index contributed by atoms with van der Waals surface area (Å²) >= 11 is 0. The number of ether oxygens (including phenoxy) is 2. The molecule has 2 N–H and O–H groups in total. The summed E-state index contributed by atoms with van der Waals surface area (Å²) in [4.78, 5) is 43.2. The van der Waals surface area contributed by atoms with Gasteiger partial charge < -0.3 is 24.7 Å². The van der Waals surface area contributed by atoms with Gasteiger partial charge >= 0.3 is 0 Å². The number of hydrogen-bond donors (Lipinski definition) is 2. The van der Waals surface area contributed by atoms with E-state index in [9.17, 15) is 14.4 Å². The summed E-state index contributed by atoms with van der Waals surface area (Å²) in [6.45, 7) is 6.50. The zero-order valence-electron chi connectivity index (χ0n) is 18.8. The molecule has 1 aromatic carbocycles. The number of aromatic nitrogens is 2. The van der Waals surface area contributed by atoms with E-state index in [-0.39, 0.29) is 30.7 Å². The van der Waals surface area contributed by atoms with Crippen LogP contribution in [0.4, 0.5) is 0 Å². The SMILES string of the molecule is CCn1cc(C(=O)NC(C(=O)NCc2cccnc2)C(C)C)c(=O)c2cc3c(cc21)OCO3. The van der Waals surface area contributed by atoms with Gasteiger partial charge in [0.15, 0.2) is 11.5 Å². The smallest absolute Gasteiger partial charge is 0.257 e. The molecule has 1 unspecified atom stereocenters. The van der Waals surface area contributed by atoms with Gasteiger partial charge in [-0.3, -0.25) is 19.4 Å². The van der Waals surface area contributed by atoms with Crippen LogP contribution in [0.5, 0.6) is 11.5 Å². The van der Waals surface area contributed by atoms with E-state index in [0.717, 1.165) is 5.56 Å². The number of benzene rings is 1. The van der Waals surface area contributed by atoms with E-state index in [2.05, 4.69) is 15.6 Å². The molecule has 0 bridgehead atoms. The molecule has 9 heteroatoms. The third-order valence-corrected chi connectivity index (χ3v) is 5.59. The molecule has 9 nitrogen and oxygen atoms in total. The maximum Gasteiger partial charge on any atom is 0.257 e. The van der Waals surface area contributed by atoms with Crippen LogP contribution in [0.15, 0.2) is 47.7 Å². The lowest BCUT2D eigenvalue weighted by molar-refractivity contribution is -0.124. The van der Waals surface area contributed by atoms with Gasteiger partial charge in [0.1, 0.15) is 11.6 Å². The van der Waals surface area contributed by atoms with Crippen molar-refractivity contribution in [3.05, 3.63) is 64.2 Å². The number of fused-ring (bicyclic) bond motifs is 2. The predicted octanol–water partition coefficient (Wildman–Crippen LogP) is 2.22. The molecule has 0 aliphatic carbocycles. The number of nitrogens with zero attached hydrogens (tertiary/aromatic N) is 2. The predicted molar refractivity (Wildman–Crippen MR) is 122 cm³/mol. The number of amides is 2. The molecule has 1 atom stereocenters. The van der Waals surface area contributed by atoms with Gasteiger partial charge in [-0.05, 0) is 30.5 Å². The quantitative estimate of drug-likeness (QED) is 0.571. The van der Waals surface area contributed by atoms with Gasteiger partial charge in [-0.15, -0.1) is 0 Å². The molecule has 0 fully saturated rings. The normalized spacial score (nSPS) is 13.2. The van der Waals surface area contributed by atoms with Gasteiger partial charge in [-0.2, -0.15) is 0 Å². The first kappa shape index (κ1) is 22.3. The van der Waals surface area contributed by atoms with Gasteiger partial charge in [0.25, 0.3) is 5.91 Å². The minimum Gasteiger partial charge on any atom is -0.454 e. The Hall–Kier alpha value is -3.88. The first-order valence-corrected chi connectivity index (χ1v) is 10.8. The van der Waals surface area contributed by atoms with Crippen molar-refractivity contribution in [2.75, 3.05) is 6.79 Å². The molecule has 3 aromatic rings. The zero-order valence-corrected chi connectivity index (χ0v) is 18.8. The summed E-state index contributed by atoms with van der Waals surface area (Å²) in [5, 5.41) is 5.92. The lowest BCUT2D eigenvalue weighted by Crippen LogP contribution is -2.50. The number of carbonyl (C=O) groups excluding carboxylic acids is 2. The van der Waals surface area contributed by atoms with Crippen molar-refractivity contribution < 1.29 is 19.1 Å². The molecule has 0 saturated heterocycles. The summed E-state index contributed by atoms with van der Waals surface area (Å²) in [5.74, 6) is -0.0918. The van der Waals surface area contributed by atoms with Crippen molar-refractivity contribution in [2.24, 2.45) is 5.92 Å². The second-order valence-corrected chi connectivity index (χ2v) is 8.15. The van der Waals surface area contributed by atoms with Gasteiger partial charge in [-0.1, -0.05) is 19.9 Å². The molecule has 2 amide bonds. The van der Waals surface area contributed by atoms with E-state index in [1.165, 1.54) is 6.20 Å². The van der Waals surface area contributed by atoms with Crippen LogP contribution in [0.25, 0.3) is 10.9 Å². The van der Waals surface area contributed by atoms with Crippen molar-refractivity contribution in [2.45, 2.75) is 39.9 Å². The fraction of sp³-hybridized carbons (Fsp3) is 0.333. The highest BCUT2D eigenvalue weighted by Crippen LogP contribution is 2.35. The highest BCUT2D eigenvalue weighted by Gasteiger charge is 2.27. The van der Waals surface area contributed by atoms with E-state index in [1.807, 2.05) is 26.8 Å². The molecule has 0 saturated carbocycles. The standard InChI is InChI=1S/C24H26N4O5/c1-4-28-12-17(22(29)16-8-19-20(9-18(16)28)33-13-32-19)23(30)27-21(14(2)3)24(31)26-11-15-6-5-7-25-10-15/h5-10,12,14,21H,4,11,13H2,1-3H3,(H,26,31)(H,27,30). The largest absolute Gasteiger partial charge is 0.454 e. The van der Waals surface area contributed by atoms with Crippen LogP contribution < -0.4 is 25.5 Å². The average Bonchev–Trinajstić information content (AvgIpc) is 3.28. The van der Waals surface area contributed by atoms with E-state index in [4.69, 9.17) is 9.47 Å². The van der Waals surface area contributed by atoms with E-state index < -0.39 is 17.4 Å². The molecule has 2 aromatic heterocycles. The van der Waals surface area contributed by atoms with Crippen molar-refractivity contribution >= 4 is 22.7 Å². The third-order valence-electron chi connectivity index (χ3n) is 5.59. The second kappa shape index (κ2) is 9.32. The van der Waals surface area contributed by atoms with Gasteiger partial charge in [0.2, 0.25) is 18.1 Å². The zero-order chi connectivity index (χ0) is 23.5. The summed E-state index contributed by atoms with van der Waals surface area (Å²) in [6.07, 6.45) is 4.84. The minimum atomic E-state index is -0.809. The Bertz CT molecular complexity index is 1250. The maximum atomic E-state index is 13.2. The summed E-state index contributed by atoms with van der Waals surface area (Å²) in [7, 11) is 0. The Morgan fingerprint density at radius 3 is 2.64 bits per heavy atom. The summed E-state index contributed by atoms with van der Waals surface area (Å²) in [5.41, 5.74) is 1.04. The number of nitrogens with one attached hydrogen (secondary N) is 2.